The normalized spacial score (nSPS) is 11.3. The Bertz CT molecular complexity index is 437. The molecule has 0 fully saturated rings. The first-order valence-electron chi connectivity index (χ1n) is 5.80. The van der Waals surface area contributed by atoms with Gasteiger partial charge in [-0.3, -0.25) is 4.90 Å². The summed E-state index contributed by atoms with van der Waals surface area (Å²) in [6, 6.07) is 4.75. The topological polar surface area (TPSA) is 49.8 Å². The summed E-state index contributed by atoms with van der Waals surface area (Å²) in [5.41, 5.74) is -0.131. The lowest BCUT2D eigenvalue weighted by molar-refractivity contribution is 0.0573. The molecule has 1 amide bonds. The van der Waals surface area contributed by atoms with Gasteiger partial charge in [-0.05, 0) is 39.0 Å². The zero-order chi connectivity index (χ0) is 14.6. The largest absolute Gasteiger partial charge is 0.443 e. The van der Waals surface area contributed by atoms with Crippen molar-refractivity contribution in [3.63, 3.8) is 0 Å². The highest BCUT2D eigenvalue weighted by atomic mass is 35.5. The number of aliphatic hydroxyl groups is 1. The molecule has 1 aromatic rings. The second-order valence-electron chi connectivity index (χ2n) is 4.98. The Hall–Kier alpha value is -0.970. The van der Waals surface area contributed by atoms with Crippen LogP contribution in [0.5, 0.6) is 0 Å². The van der Waals surface area contributed by atoms with Gasteiger partial charge in [0.2, 0.25) is 0 Å². The summed E-state index contributed by atoms with van der Waals surface area (Å²) in [5.74, 6) is 0. The zero-order valence-corrected chi connectivity index (χ0v) is 12.6. The predicted octanol–water partition coefficient (Wildman–Crippen LogP) is 3.73. The van der Waals surface area contributed by atoms with Gasteiger partial charge in [0.15, 0.2) is 0 Å². The van der Waals surface area contributed by atoms with Crippen molar-refractivity contribution >= 4 is 35.0 Å². The van der Waals surface area contributed by atoms with Gasteiger partial charge in [0.25, 0.3) is 0 Å². The minimum Gasteiger partial charge on any atom is -0.443 e. The summed E-state index contributed by atoms with van der Waals surface area (Å²) >= 11 is 11.8. The number of carbonyl (C=O) groups excluding carboxylic acids is 1. The smallest absolute Gasteiger partial charge is 0.414 e. The standard InChI is InChI=1S/C13H17Cl2NO3/c1-13(2,3)19-12(18)16(4-5-17)11-7-9(14)6-10(15)8-11/h6-8,17H,4-5H2,1-3H3. The molecule has 0 unspecified atom stereocenters. The van der Waals surface area contributed by atoms with Crippen molar-refractivity contribution in [1.29, 1.82) is 0 Å². The average molecular weight is 306 g/mol. The molecule has 4 nitrogen and oxygen atoms in total. The Morgan fingerprint density at radius 1 is 1.26 bits per heavy atom. The molecule has 0 saturated heterocycles. The molecule has 0 aliphatic heterocycles. The molecule has 1 rings (SSSR count). The summed E-state index contributed by atoms with van der Waals surface area (Å²) < 4.78 is 5.28. The molecule has 0 radical (unpaired) electrons. The lowest BCUT2D eigenvalue weighted by atomic mass is 10.2. The molecule has 0 bridgehead atoms. The molecule has 19 heavy (non-hydrogen) atoms. The first-order chi connectivity index (χ1) is 8.73. The molecule has 0 heterocycles. The van der Waals surface area contributed by atoms with E-state index in [9.17, 15) is 4.79 Å². The van der Waals surface area contributed by atoms with E-state index in [0.29, 0.717) is 15.7 Å². The number of rotatable bonds is 3. The monoisotopic (exact) mass is 305 g/mol. The Kier molecular flexibility index (Phi) is 5.47. The summed E-state index contributed by atoms with van der Waals surface area (Å²) in [4.78, 5) is 13.4. The summed E-state index contributed by atoms with van der Waals surface area (Å²) in [6.07, 6.45) is -0.556. The van der Waals surface area contributed by atoms with Crippen LogP contribution in [0.15, 0.2) is 18.2 Å². The van der Waals surface area contributed by atoms with Gasteiger partial charge in [-0.2, -0.15) is 0 Å². The van der Waals surface area contributed by atoms with E-state index in [1.807, 2.05) is 0 Å². The second kappa shape index (κ2) is 6.46. The maximum absolute atomic E-state index is 12.1. The van der Waals surface area contributed by atoms with Crippen LogP contribution in [-0.4, -0.2) is 30.0 Å². The van der Waals surface area contributed by atoms with E-state index < -0.39 is 11.7 Å². The van der Waals surface area contributed by atoms with Crippen molar-refractivity contribution in [1.82, 2.24) is 0 Å². The number of ether oxygens (including phenoxy) is 1. The molecule has 0 aliphatic carbocycles. The van der Waals surface area contributed by atoms with Gasteiger partial charge < -0.3 is 9.84 Å². The van der Waals surface area contributed by atoms with Crippen LogP contribution >= 0.6 is 23.2 Å². The molecular formula is C13H17Cl2NO3. The molecule has 0 aromatic heterocycles. The van der Waals surface area contributed by atoms with Crippen molar-refractivity contribution in [2.75, 3.05) is 18.1 Å². The number of hydrogen-bond donors (Lipinski definition) is 1. The quantitative estimate of drug-likeness (QED) is 0.925. The van der Waals surface area contributed by atoms with Gasteiger partial charge >= 0.3 is 6.09 Å². The summed E-state index contributed by atoms with van der Waals surface area (Å²) in [6.45, 7) is 5.22. The molecule has 1 N–H and O–H groups in total. The Morgan fingerprint density at radius 2 is 1.79 bits per heavy atom. The van der Waals surface area contributed by atoms with Gasteiger partial charge in [-0.1, -0.05) is 23.2 Å². The third kappa shape index (κ3) is 5.27. The minimum atomic E-state index is -0.618. The number of hydrogen-bond acceptors (Lipinski definition) is 3. The van der Waals surface area contributed by atoms with Crippen LogP contribution in [-0.2, 0) is 4.74 Å². The first kappa shape index (κ1) is 16.1. The predicted molar refractivity (Wildman–Crippen MR) is 77.1 cm³/mol. The van der Waals surface area contributed by atoms with E-state index in [2.05, 4.69) is 0 Å². The number of carbonyl (C=O) groups is 1. The van der Waals surface area contributed by atoms with Crippen LogP contribution in [0.1, 0.15) is 20.8 Å². The average Bonchev–Trinajstić information content (AvgIpc) is 2.21. The van der Waals surface area contributed by atoms with Gasteiger partial charge in [0, 0.05) is 10.0 Å². The van der Waals surface area contributed by atoms with Crippen LogP contribution in [0, 0.1) is 0 Å². The molecule has 0 atom stereocenters. The molecule has 0 saturated carbocycles. The van der Waals surface area contributed by atoms with Crippen LogP contribution in [0.25, 0.3) is 0 Å². The number of aliphatic hydroxyl groups excluding tert-OH is 1. The maximum Gasteiger partial charge on any atom is 0.414 e. The van der Waals surface area contributed by atoms with E-state index in [-0.39, 0.29) is 13.2 Å². The summed E-state index contributed by atoms with van der Waals surface area (Å²) in [7, 11) is 0. The van der Waals surface area contributed by atoms with Crippen LogP contribution in [0.4, 0.5) is 10.5 Å². The van der Waals surface area contributed by atoms with E-state index in [1.165, 1.54) is 4.90 Å². The van der Waals surface area contributed by atoms with Crippen molar-refractivity contribution < 1.29 is 14.6 Å². The first-order valence-corrected chi connectivity index (χ1v) is 6.56. The van der Waals surface area contributed by atoms with E-state index in [4.69, 9.17) is 33.0 Å². The highest BCUT2D eigenvalue weighted by Gasteiger charge is 2.23. The highest BCUT2D eigenvalue weighted by molar-refractivity contribution is 6.35. The lowest BCUT2D eigenvalue weighted by Crippen LogP contribution is -2.38. The van der Waals surface area contributed by atoms with Gasteiger partial charge in [-0.15, -0.1) is 0 Å². The Labute approximate surface area is 122 Å². The molecular weight excluding hydrogens is 289 g/mol. The van der Waals surface area contributed by atoms with Crippen LogP contribution < -0.4 is 4.90 Å². The third-order valence-electron chi connectivity index (χ3n) is 2.10. The molecule has 1 aromatic carbocycles. The number of benzene rings is 1. The number of nitrogens with zero attached hydrogens (tertiary/aromatic N) is 1. The van der Waals surface area contributed by atoms with E-state index >= 15 is 0 Å². The van der Waals surface area contributed by atoms with Gasteiger partial charge in [0.05, 0.1) is 18.8 Å². The minimum absolute atomic E-state index is 0.103. The lowest BCUT2D eigenvalue weighted by Gasteiger charge is -2.27. The molecule has 0 aliphatic rings. The number of halogens is 2. The van der Waals surface area contributed by atoms with E-state index in [1.54, 1.807) is 39.0 Å². The third-order valence-corrected chi connectivity index (χ3v) is 2.53. The second-order valence-corrected chi connectivity index (χ2v) is 5.86. The number of anilines is 1. The maximum atomic E-state index is 12.1. The Morgan fingerprint density at radius 3 is 2.21 bits per heavy atom. The van der Waals surface area contributed by atoms with Crippen molar-refractivity contribution in [2.24, 2.45) is 0 Å². The SMILES string of the molecule is CC(C)(C)OC(=O)N(CCO)c1cc(Cl)cc(Cl)c1. The fourth-order valence-electron chi connectivity index (χ4n) is 1.44. The Balaban J connectivity index is 3.02. The van der Waals surface area contributed by atoms with Crippen molar-refractivity contribution in [3.05, 3.63) is 28.2 Å². The summed E-state index contributed by atoms with van der Waals surface area (Å²) in [5, 5.41) is 9.89. The molecule has 106 valence electrons. The van der Waals surface area contributed by atoms with Crippen LogP contribution in [0.2, 0.25) is 10.0 Å². The van der Waals surface area contributed by atoms with Crippen molar-refractivity contribution in [3.8, 4) is 0 Å². The fraction of sp³-hybridized carbons (Fsp3) is 0.462. The van der Waals surface area contributed by atoms with Crippen molar-refractivity contribution in [2.45, 2.75) is 26.4 Å². The van der Waals surface area contributed by atoms with Gasteiger partial charge in [0.1, 0.15) is 5.60 Å². The van der Waals surface area contributed by atoms with Gasteiger partial charge in [-0.25, -0.2) is 4.79 Å². The fourth-order valence-corrected chi connectivity index (χ4v) is 1.95. The molecule has 6 heteroatoms. The number of amides is 1. The zero-order valence-electron chi connectivity index (χ0n) is 11.1. The molecule has 0 spiro atoms. The highest BCUT2D eigenvalue weighted by Crippen LogP contribution is 2.26. The van der Waals surface area contributed by atoms with E-state index in [0.717, 1.165) is 0 Å². The van der Waals surface area contributed by atoms with Crippen LogP contribution in [0.3, 0.4) is 0 Å².